The summed E-state index contributed by atoms with van der Waals surface area (Å²) in [7, 11) is 0. The number of carbonyl (C=O) groups excluding carboxylic acids is 2. The molecule has 3 heterocycles. The number of hydrogen-bond acceptors (Lipinski definition) is 5. The van der Waals surface area contributed by atoms with E-state index in [0.29, 0.717) is 5.69 Å². The van der Waals surface area contributed by atoms with Gasteiger partial charge in [0.15, 0.2) is 0 Å². The molecule has 2 bridgehead atoms. The number of pyridine rings is 1. The second-order valence-electron chi connectivity index (χ2n) is 4.55. The first kappa shape index (κ1) is 11.9. The first-order valence-corrected chi connectivity index (χ1v) is 5.92. The smallest absolute Gasteiger partial charge is 0.231 e. The summed E-state index contributed by atoms with van der Waals surface area (Å²) < 4.78 is 5.41. The largest absolute Gasteiger partial charge is 0.550 e. The molecule has 1 N–H and O–H groups in total. The second kappa shape index (κ2) is 4.47. The Morgan fingerprint density at radius 1 is 1.26 bits per heavy atom. The standard InChI is InChI=1S/C13H12N2O4/c16-12(15-7-2-1-5-14-6-7)10-8-3-4-9(19-8)11(10)13(17)18/h1-6,8-11H,(H,15,16)(H,17,18)/p-1/t8-,9+,10-,11+/m1/s1. The van der Waals surface area contributed by atoms with Crippen LogP contribution in [-0.2, 0) is 14.3 Å². The lowest BCUT2D eigenvalue weighted by atomic mass is 9.82. The Morgan fingerprint density at radius 3 is 2.63 bits per heavy atom. The van der Waals surface area contributed by atoms with Crippen molar-refractivity contribution in [1.82, 2.24) is 4.98 Å². The van der Waals surface area contributed by atoms with E-state index >= 15 is 0 Å². The summed E-state index contributed by atoms with van der Waals surface area (Å²) in [6.45, 7) is 0. The lowest BCUT2D eigenvalue weighted by Gasteiger charge is -2.24. The highest BCUT2D eigenvalue weighted by Gasteiger charge is 2.50. The van der Waals surface area contributed by atoms with Gasteiger partial charge in [0.2, 0.25) is 5.91 Å². The Hall–Kier alpha value is -2.21. The quantitative estimate of drug-likeness (QED) is 0.727. The topological polar surface area (TPSA) is 91.3 Å². The number of nitrogens with one attached hydrogen (secondary N) is 1. The number of nitrogens with zero attached hydrogens (tertiary/aromatic N) is 1. The molecule has 0 spiro atoms. The van der Waals surface area contributed by atoms with E-state index in [4.69, 9.17) is 4.74 Å². The minimum Gasteiger partial charge on any atom is -0.550 e. The van der Waals surface area contributed by atoms with Crippen molar-refractivity contribution in [3.8, 4) is 0 Å². The van der Waals surface area contributed by atoms with Crippen molar-refractivity contribution in [2.75, 3.05) is 5.32 Å². The minimum atomic E-state index is -1.26. The van der Waals surface area contributed by atoms with Crippen LogP contribution in [0.5, 0.6) is 0 Å². The summed E-state index contributed by atoms with van der Waals surface area (Å²) in [6.07, 6.45) is 5.40. The molecule has 0 unspecified atom stereocenters. The third-order valence-electron chi connectivity index (χ3n) is 3.40. The van der Waals surface area contributed by atoms with Crippen molar-refractivity contribution in [2.24, 2.45) is 11.8 Å². The van der Waals surface area contributed by atoms with Gasteiger partial charge in [0.25, 0.3) is 0 Å². The van der Waals surface area contributed by atoms with Crippen molar-refractivity contribution in [2.45, 2.75) is 12.2 Å². The van der Waals surface area contributed by atoms with Gasteiger partial charge in [0.1, 0.15) is 0 Å². The molecule has 1 aromatic rings. The number of carbonyl (C=O) groups is 2. The molecule has 1 fully saturated rings. The average Bonchev–Trinajstić information content (AvgIpc) is 2.99. The number of carboxylic acid groups (broad SMARTS) is 1. The Morgan fingerprint density at radius 2 is 2.00 bits per heavy atom. The summed E-state index contributed by atoms with van der Waals surface area (Å²) in [6, 6.07) is 3.37. The van der Waals surface area contributed by atoms with E-state index in [1.165, 1.54) is 6.20 Å². The zero-order valence-corrected chi connectivity index (χ0v) is 9.85. The number of aromatic nitrogens is 1. The molecule has 2 aliphatic heterocycles. The summed E-state index contributed by atoms with van der Waals surface area (Å²) >= 11 is 0. The molecule has 1 aromatic heterocycles. The SMILES string of the molecule is O=C([O-])[C@@H]1[C@H](C(=O)Nc2cccnc2)[C@H]2C=C[C@@H]1O2. The monoisotopic (exact) mass is 259 g/mol. The van der Waals surface area contributed by atoms with Crippen LogP contribution in [0.1, 0.15) is 0 Å². The molecule has 0 saturated carbocycles. The number of anilines is 1. The van der Waals surface area contributed by atoms with Crippen LogP contribution < -0.4 is 10.4 Å². The Balaban J connectivity index is 1.79. The van der Waals surface area contributed by atoms with Gasteiger partial charge in [-0.25, -0.2) is 0 Å². The Bertz CT molecular complexity index is 543. The normalized spacial score (nSPS) is 31.4. The molecule has 1 amide bonds. The number of fused-ring (bicyclic) bond motifs is 2. The van der Waals surface area contributed by atoms with E-state index in [2.05, 4.69) is 10.3 Å². The van der Waals surface area contributed by atoms with Crippen LogP contribution in [0.15, 0.2) is 36.7 Å². The van der Waals surface area contributed by atoms with E-state index in [-0.39, 0.29) is 5.91 Å². The predicted octanol–water partition coefficient (Wildman–Crippen LogP) is -0.660. The molecule has 3 rings (SSSR count). The van der Waals surface area contributed by atoms with E-state index in [1.54, 1.807) is 30.5 Å². The molecule has 6 nitrogen and oxygen atoms in total. The molecule has 6 heteroatoms. The van der Waals surface area contributed by atoms with Crippen LogP contribution in [0, 0.1) is 11.8 Å². The summed E-state index contributed by atoms with van der Waals surface area (Å²) in [5, 5.41) is 13.8. The van der Waals surface area contributed by atoms with Crippen molar-refractivity contribution < 1.29 is 19.4 Å². The highest BCUT2D eigenvalue weighted by Crippen LogP contribution is 2.39. The molecule has 0 radical (unpaired) electrons. The number of aliphatic carboxylic acids is 1. The van der Waals surface area contributed by atoms with Gasteiger partial charge < -0.3 is 20.0 Å². The summed E-state index contributed by atoms with van der Waals surface area (Å²) in [4.78, 5) is 27.2. The molecule has 0 aliphatic carbocycles. The Labute approximate surface area is 109 Å². The lowest BCUT2D eigenvalue weighted by Crippen LogP contribution is -2.45. The highest BCUT2D eigenvalue weighted by atomic mass is 16.5. The highest BCUT2D eigenvalue weighted by molar-refractivity contribution is 5.96. The maximum atomic E-state index is 12.2. The zero-order valence-electron chi connectivity index (χ0n) is 9.85. The summed E-state index contributed by atoms with van der Waals surface area (Å²) in [5.41, 5.74) is 0.524. The van der Waals surface area contributed by atoms with Gasteiger partial charge in [0, 0.05) is 18.1 Å². The molecule has 2 aliphatic rings. The fourth-order valence-corrected chi connectivity index (χ4v) is 2.56. The maximum Gasteiger partial charge on any atom is 0.231 e. The zero-order chi connectivity index (χ0) is 13.4. The Kier molecular flexibility index (Phi) is 2.79. The number of rotatable bonds is 3. The molecular formula is C13H11N2O4-. The van der Waals surface area contributed by atoms with Crippen molar-refractivity contribution in [3.63, 3.8) is 0 Å². The fourth-order valence-electron chi connectivity index (χ4n) is 2.56. The first-order chi connectivity index (χ1) is 9.16. The first-order valence-electron chi connectivity index (χ1n) is 5.92. The third-order valence-corrected chi connectivity index (χ3v) is 3.40. The van der Waals surface area contributed by atoms with Crippen LogP contribution in [0.25, 0.3) is 0 Å². The van der Waals surface area contributed by atoms with Gasteiger partial charge in [0.05, 0.1) is 30.0 Å². The third kappa shape index (κ3) is 2.00. The van der Waals surface area contributed by atoms with Gasteiger partial charge in [-0.2, -0.15) is 0 Å². The number of carboxylic acids is 1. The summed E-state index contributed by atoms with van der Waals surface area (Å²) in [5.74, 6) is -3.35. The maximum absolute atomic E-state index is 12.2. The minimum absolute atomic E-state index is 0.390. The van der Waals surface area contributed by atoms with E-state index in [9.17, 15) is 14.7 Å². The number of hydrogen-bond donors (Lipinski definition) is 1. The van der Waals surface area contributed by atoms with Crippen LogP contribution in [0.2, 0.25) is 0 Å². The molecule has 0 aromatic carbocycles. The van der Waals surface area contributed by atoms with Crippen LogP contribution in [0.3, 0.4) is 0 Å². The van der Waals surface area contributed by atoms with E-state index in [1.807, 2.05) is 0 Å². The van der Waals surface area contributed by atoms with E-state index < -0.39 is 30.0 Å². The number of ether oxygens (including phenoxy) is 1. The lowest BCUT2D eigenvalue weighted by molar-refractivity contribution is -0.313. The molecule has 98 valence electrons. The van der Waals surface area contributed by atoms with Gasteiger partial charge in [-0.05, 0) is 12.1 Å². The van der Waals surface area contributed by atoms with Crippen molar-refractivity contribution in [3.05, 3.63) is 36.7 Å². The second-order valence-corrected chi connectivity index (χ2v) is 4.55. The van der Waals surface area contributed by atoms with Gasteiger partial charge in [-0.1, -0.05) is 12.2 Å². The molecular weight excluding hydrogens is 248 g/mol. The fraction of sp³-hybridized carbons (Fsp3) is 0.308. The molecule has 4 atom stereocenters. The van der Waals surface area contributed by atoms with Gasteiger partial charge >= 0.3 is 0 Å². The predicted molar refractivity (Wildman–Crippen MR) is 62.7 cm³/mol. The molecule has 19 heavy (non-hydrogen) atoms. The van der Waals surface area contributed by atoms with Crippen LogP contribution >= 0.6 is 0 Å². The van der Waals surface area contributed by atoms with Crippen molar-refractivity contribution in [1.29, 1.82) is 0 Å². The van der Waals surface area contributed by atoms with Crippen LogP contribution in [-0.4, -0.2) is 29.1 Å². The molecule has 1 saturated heterocycles. The van der Waals surface area contributed by atoms with Crippen molar-refractivity contribution >= 4 is 17.6 Å². The van der Waals surface area contributed by atoms with Gasteiger partial charge in [-0.3, -0.25) is 9.78 Å². The van der Waals surface area contributed by atoms with Gasteiger partial charge in [-0.15, -0.1) is 0 Å². The number of amides is 1. The average molecular weight is 259 g/mol. The van der Waals surface area contributed by atoms with E-state index in [0.717, 1.165) is 0 Å². The van der Waals surface area contributed by atoms with Crippen LogP contribution in [0.4, 0.5) is 5.69 Å².